The lowest BCUT2D eigenvalue weighted by Crippen LogP contribution is -2.23. The highest BCUT2D eigenvalue weighted by molar-refractivity contribution is 9.10. The SMILES string of the molecule is CN(Cc1ccc(Br)cc1)c1cccc(F)c1C(=N)N. The summed E-state index contributed by atoms with van der Waals surface area (Å²) in [5.41, 5.74) is 7.33. The molecule has 2 rings (SSSR count). The molecule has 104 valence electrons. The van der Waals surface area contributed by atoms with Gasteiger partial charge < -0.3 is 10.6 Å². The number of nitrogens with two attached hydrogens (primary N) is 1. The molecular weight excluding hydrogens is 321 g/mol. The summed E-state index contributed by atoms with van der Waals surface area (Å²) in [4.78, 5) is 1.88. The predicted molar refractivity (Wildman–Crippen MR) is 83.7 cm³/mol. The van der Waals surface area contributed by atoms with Crippen LogP contribution in [0, 0.1) is 11.2 Å². The van der Waals surface area contributed by atoms with Gasteiger partial charge in [-0.15, -0.1) is 0 Å². The molecule has 0 aliphatic rings. The van der Waals surface area contributed by atoms with Gasteiger partial charge in [-0.3, -0.25) is 5.41 Å². The summed E-state index contributed by atoms with van der Waals surface area (Å²) in [5.74, 6) is -0.738. The third-order valence-corrected chi connectivity index (χ3v) is 3.53. The molecule has 0 atom stereocenters. The molecule has 0 fully saturated rings. The first-order chi connectivity index (χ1) is 9.49. The van der Waals surface area contributed by atoms with Crippen molar-refractivity contribution in [3.05, 3.63) is 63.9 Å². The molecule has 0 saturated heterocycles. The fraction of sp³-hybridized carbons (Fsp3) is 0.133. The van der Waals surface area contributed by atoms with Crippen LogP contribution in [0.15, 0.2) is 46.9 Å². The minimum absolute atomic E-state index is 0.145. The first-order valence-electron chi connectivity index (χ1n) is 6.07. The maximum Gasteiger partial charge on any atom is 0.136 e. The van der Waals surface area contributed by atoms with Gasteiger partial charge in [0.15, 0.2) is 0 Å². The Bertz CT molecular complexity index is 626. The quantitative estimate of drug-likeness (QED) is 0.663. The van der Waals surface area contributed by atoms with Gasteiger partial charge in [-0.05, 0) is 29.8 Å². The average Bonchev–Trinajstić information content (AvgIpc) is 2.40. The molecule has 3 N–H and O–H groups in total. The van der Waals surface area contributed by atoms with E-state index in [-0.39, 0.29) is 11.4 Å². The number of nitrogen functional groups attached to an aromatic ring is 1. The molecular formula is C15H15BrFN3. The van der Waals surface area contributed by atoms with Crippen LogP contribution in [0.1, 0.15) is 11.1 Å². The number of halogens is 2. The van der Waals surface area contributed by atoms with E-state index in [1.165, 1.54) is 6.07 Å². The van der Waals surface area contributed by atoms with E-state index in [1.807, 2.05) is 36.2 Å². The van der Waals surface area contributed by atoms with Gasteiger partial charge in [0.1, 0.15) is 11.7 Å². The molecule has 0 radical (unpaired) electrons. The lowest BCUT2D eigenvalue weighted by Gasteiger charge is -2.22. The van der Waals surface area contributed by atoms with Gasteiger partial charge in [-0.25, -0.2) is 4.39 Å². The third kappa shape index (κ3) is 3.17. The molecule has 0 aromatic heterocycles. The second-order valence-electron chi connectivity index (χ2n) is 4.53. The van der Waals surface area contributed by atoms with Crippen molar-refractivity contribution >= 4 is 27.5 Å². The van der Waals surface area contributed by atoms with Crippen molar-refractivity contribution in [3.63, 3.8) is 0 Å². The van der Waals surface area contributed by atoms with Gasteiger partial charge in [0.2, 0.25) is 0 Å². The van der Waals surface area contributed by atoms with Crippen LogP contribution in [0.4, 0.5) is 10.1 Å². The number of benzene rings is 2. The highest BCUT2D eigenvalue weighted by Gasteiger charge is 2.14. The van der Waals surface area contributed by atoms with Crippen molar-refractivity contribution in [2.24, 2.45) is 5.73 Å². The average molecular weight is 336 g/mol. The van der Waals surface area contributed by atoms with Crippen LogP contribution in [0.5, 0.6) is 0 Å². The molecule has 0 spiro atoms. The fourth-order valence-corrected chi connectivity index (χ4v) is 2.31. The smallest absolute Gasteiger partial charge is 0.136 e. The normalized spacial score (nSPS) is 10.3. The Morgan fingerprint density at radius 3 is 2.50 bits per heavy atom. The Kier molecular flexibility index (Phi) is 4.39. The standard InChI is InChI=1S/C15H15BrFN3/c1-20(9-10-5-7-11(16)8-6-10)13-4-2-3-12(17)14(13)15(18)19/h2-8H,9H2,1H3,(H3,18,19). The summed E-state index contributed by atoms with van der Waals surface area (Å²) in [6.45, 7) is 0.608. The van der Waals surface area contributed by atoms with E-state index >= 15 is 0 Å². The Morgan fingerprint density at radius 1 is 1.25 bits per heavy atom. The molecule has 3 nitrogen and oxygen atoms in total. The Hall–Kier alpha value is -1.88. The van der Waals surface area contributed by atoms with Crippen LogP contribution in [-0.2, 0) is 6.54 Å². The zero-order valence-electron chi connectivity index (χ0n) is 11.0. The second kappa shape index (κ2) is 6.05. The Labute approximate surface area is 125 Å². The zero-order chi connectivity index (χ0) is 14.7. The molecule has 5 heteroatoms. The van der Waals surface area contributed by atoms with E-state index < -0.39 is 5.82 Å². The van der Waals surface area contributed by atoms with Crippen LogP contribution in [-0.4, -0.2) is 12.9 Å². The van der Waals surface area contributed by atoms with Crippen LogP contribution in [0.25, 0.3) is 0 Å². The van der Waals surface area contributed by atoms with Crippen molar-refractivity contribution in [2.45, 2.75) is 6.54 Å². The highest BCUT2D eigenvalue weighted by atomic mass is 79.9. The second-order valence-corrected chi connectivity index (χ2v) is 5.45. The number of nitrogens with zero attached hydrogens (tertiary/aromatic N) is 1. The first kappa shape index (κ1) is 14.5. The Balaban J connectivity index is 2.29. The van der Waals surface area contributed by atoms with Gasteiger partial charge in [-0.2, -0.15) is 0 Å². The van der Waals surface area contributed by atoms with Crippen molar-refractivity contribution in [2.75, 3.05) is 11.9 Å². The largest absolute Gasteiger partial charge is 0.384 e. The number of hydrogen-bond acceptors (Lipinski definition) is 2. The molecule has 2 aromatic rings. The van der Waals surface area contributed by atoms with E-state index in [1.54, 1.807) is 12.1 Å². The van der Waals surface area contributed by atoms with E-state index in [9.17, 15) is 4.39 Å². The molecule has 0 bridgehead atoms. The zero-order valence-corrected chi connectivity index (χ0v) is 12.6. The number of nitrogens with one attached hydrogen (secondary N) is 1. The highest BCUT2D eigenvalue weighted by Crippen LogP contribution is 2.23. The molecule has 0 aliphatic heterocycles. The number of anilines is 1. The maximum absolute atomic E-state index is 13.8. The topological polar surface area (TPSA) is 53.1 Å². The predicted octanol–water partition coefficient (Wildman–Crippen LogP) is 3.51. The summed E-state index contributed by atoms with van der Waals surface area (Å²) in [7, 11) is 1.85. The first-order valence-corrected chi connectivity index (χ1v) is 6.87. The number of hydrogen-bond donors (Lipinski definition) is 2. The lowest BCUT2D eigenvalue weighted by molar-refractivity contribution is 0.624. The van der Waals surface area contributed by atoms with Crippen LogP contribution >= 0.6 is 15.9 Å². The lowest BCUT2D eigenvalue weighted by atomic mass is 10.1. The maximum atomic E-state index is 13.8. The summed E-state index contributed by atoms with van der Waals surface area (Å²) >= 11 is 3.39. The van der Waals surface area contributed by atoms with Gasteiger partial charge in [0.05, 0.1) is 11.3 Å². The van der Waals surface area contributed by atoms with Gasteiger partial charge in [-0.1, -0.05) is 34.1 Å². The van der Waals surface area contributed by atoms with Gasteiger partial charge >= 0.3 is 0 Å². The molecule has 0 amide bonds. The minimum Gasteiger partial charge on any atom is -0.384 e. The minimum atomic E-state index is -0.474. The molecule has 20 heavy (non-hydrogen) atoms. The Morgan fingerprint density at radius 2 is 1.90 bits per heavy atom. The van der Waals surface area contributed by atoms with Crippen LogP contribution in [0.3, 0.4) is 0 Å². The van der Waals surface area contributed by atoms with Crippen molar-refractivity contribution in [1.82, 2.24) is 0 Å². The van der Waals surface area contributed by atoms with Crippen LogP contribution < -0.4 is 10.6 Å². The summed E-state index contributed by atoms with van der Waals surface area (Å²) in [6, 6.07) is 12.6. The van der Waals surface area contributed by atoms with Crippen molar-refractivity contribution in [3.8, 4) is 0 Å². The molecule has 2 aromatic carbocycles. The molecule has 0 aliphatic carbocycles. The molecule has 0 unspecified atom stereocenters. The third-order valence-electron chi connectivity index (χ3n) is 3.01. The number of amidine groups is 1. The van der Waals surface area contributed by atoms with Crippen LogP contribution in [0.2, 0.25) is 0 Å². The summed E-state index contributed by atoms with van der Waals surface area (Å²) in [6.07, 6.45) is 0. The van der Waals surface area contributed by atoms with Gasteiger partial charge in [0.25, 0.3) is 0 Å². The summed E-state index contributed by atoms with van der Waals surface area (Å²) in [5, 5.41) is 7.52. The van der Waals surface area contributed by atoms with Crippen molar-refractivity contribution in [1.29, 1.82) is 5.41 Å². The molecule has 0 saturated carbocycles. The van der Waals surface area contributed by atoms with E-state index in [4.69, 9.17) is 11.1 Å². The molecule has 0 heterocycles. The van der Waals surface area contributed by atoms with E-state index in [0.29, 0.717) is 12.2 Å². The van der Waals surface area contributed by atoms with E-state index in [0.717, 1.165) is 10.0 Å². The van der Waals surface area contributed by atoms with Gasteiger partial charge in [0, 0.05) is 18.1 Å². The van der Waals surface area contributed by atoms with E-state index in [2.05, 4.69) is 15.9 Å². The fourth-order valence-electron chi connectivity index (χ4n) is 2.05. The summed E-state index contributed by atoms with van der Waals surface area (Å²) < 4.78 is 14.8. The monoisotopic (exact) mass is 335 g/mol. The number of rotatable bonds is 4. The van der Waals surface area contributed by atoms with Crippen molar-refractivity contribution < 1.29 is 4.39 Å².